The Balaban J connectivity index is 0.000000889. The minimum atomic E-state index is -0.147. The number of rotatable bonds is 20. The van der Waals surface area contributed by atoms with Crippen molar-refractivity contribution in [1.29, 1.82) is 0 Å². The molecule has 1 aromatic carbocycles. The Bertz CT molecular complexity index is 831. The van der Waals surface area contributed by atoms with Crippen molar-refractivity contribution < 1.29 is 38.5 Å². The second-order valence-corrected chi connectivity index (χ2v) is 8.73. The molecule has 0 saturated carbocycles. The zero-order valence-electron chi connectivity index (χ0n) is 23.5. The van der Waals surface area contributed by atoms with Gasteiger partial charge in [-0.15, -0.1) is 0 Å². The molecule has 1 rings (SSSR count). The molecular weight excluding hydrogens is 492 g/mol. The number of ketones is 2. The lowest BCUT2D eigenvalue weighted by atomic mass is 9.89. The summed E-state index contributed by atoms with van der Waals surface area (Å²) in [5.41, 5.74) is 1.48. The first-order chi connectivity index (χ1) is 18.2. The standard InChI is InChI=1S/C18H27NO6.C10H19NO2/c1-14(21)16-4-3-5-17(18(16)15(2)22)19-6-8-23-10-12-25-13-11-24-9-7-20;1-4-8(2)9(7-12)5-6-10(13)11-3/h3-5,19-20H,6-13H2,1-2H3;7-9H,4-6H2,1-3H3,(H,11,13). The van der Waals surface area contributed by atoms with Crippen LogP contribution < -0.4 is 10.6 Å². The summed E-state index contributed by atoms with van der Waals surface area (Å²) >= 11 is 0. The summed E-state index contributed by atoms with van der Waals surface area (Å²) in [5, 5.41) is 14.2. The van der Waals surface area contributed by atoms with Gasteiger partial charge in [0.1, 0.15) is 6.29 Å². The van der Waals surface area contributed by atoms with Crippen LogP contribution in [0.5, 0.6) is 0 Å². The highest BCUT2D eigenvalue weighted by atomic mass is 16.5. The van der Waals surface area contributed by atoms with Crippen LogP contribution in [-0.4, -0.2) is 88.7 Å². The first-order valence-corrected chi connectivity index (χ1v) is 13.1. The number of nitrogens with one attached hydrogen (secondary N) is 2. The van der Waals surface area contributed by atoms with Crippen molar-refractivity contribution in [3.63, 3.8) is 0 Å². The number of anilines is 1. The molecule has 0 radical (unpaired) electrons. The monoisotopic (exact) mass is 538 g/mol. The summed E-state index contributed by atoms with van der Waals surface area (Å²) in [6.45, 7) is 10.1. The third-order valence-electron chi connectivity index (χ3n) is 5.87. The van der Waals surface area contributed by atoms with Gasteiger partial charge in [-0.05, 0) is 32.3 Å². The summed E-state index contributed by atoms with van der Waals surface area (Å²) in [4.78, 5) is 45.1. The number of ether oxygens (including phenoxy) is 3. The van der Waals surface area contributed by atoms with E-state index in [4.69, 9.17) is 19.3 Å². The predicted molar refractivity (Wildman–Crippen MR) is 147 cm³/mol. The number of carbonyl (C=O) groups excluding carboxylic acids is 4. The van der Waals surface area contributed by atoms with E-state index < -0.39 is 0 Å². The fourth-order valence-corrected chi connectivity index (χ4v) is 3.45. The Hall–Kier alpha value is -2.66. The zero-order valence-corrected chi connectivity index (χ0v) is 23.5. The number of benzene rings is 1. The van der Waals surface area contributed by atoms with Crippen LogP contribution in [0, 0.1) is 11.8 Å². The highest BCUT2D eigenvalue weighted by Crippen LogP contribution is 2.21. The number of hydrogen-bond acceptors (Lipinski definition) is 9. The molecule has 2 atom stereocenters. The lowest BCUT2D eigenvalue weighted by molar-refractivity contribution is -0.121. The first-order valence-electron chi connectivity index (χ1n) is 13.1. The fraction of sp³-hybridized carbons (Fsp3) is 0.643. The maximum Gasteiger partial charge on any atom is 0.219 e. The van der Waals surface area contributed by atoms with Crippen molar-refractivity contribution in [2.24, 2.45) is 11.8 Å². The second kappa shape index (κ2) is 22.3. The van der Waals surface area contributed by atoms with Crippen LogP contribution in [0.4, 0.5) is 5.69 Å². The van der Waals surface area contributed by atoms with Gasteiger partial charge in [0, 0.05) is 37.2 Å². The van der Waals surface area contributed by atoms with Crippen LogP contribution in [0.2, 0.25) is 0 Å². The molecule has 3 N–H and O–H groups in total. The number of aliphatic hydroxyl groups is 1. The minimum absolute atomic E-state index is 0.00940. The molecule has 10 heteroatoms. The van der Waals surface area contributed by atoms with E-state index in [2.05, 4.69) is 17.6 Å². The van der Waals surface area contributed by atoms with Gasteiger partial charge in [-0.25, -0.2) is 0 Å². The van der Waals surface area contributed by atoms with Crippen LogP contribution in [0.1, 0.15) is 67.7 Å². The summed E-state index contributed by atoms with van der Waals surface area (Å²) in [5.74, 6) is 0.135. The number of aliphatic hydroxyl groups excluding tert-OH is 1. The third-order valence-corrected chi connectivity index (χ3v) is 5.87. The van der Waals surface area contributed by atoms with Gasteiger partial charge >= 0.3 is 0 Å². The van der Waals surface area contributed by atoms with Gasteiger partial charge in [0.05, 0.1) is 51.8 Å². The molecule has 1 aromatic rings. The summed E-state index contributed by atoms with van der Waals surface area (Å²) in [6.07, 6.45) is 3.07. The zero-order chi connectivity index (χ0) is 28.8. The summed E-state index contributed by atoms with van der Waals surface area (Å²) < 4.78 is 15.8. The predicted octanol–water partition coefficient (Wildman–Crippen LogP) is 2.92. The van der Waals surface area contributed by atoms with Gasteiger partial charge in [-0.1, -0.05) is 32.4 Å². The van der Waals surface area contributed by atoms with Crippen molar-refractivity contribution in [1.82, 2.24) is 5.32 Å². The Kier molecular flexibility index (Phi) is 20.8. The average molecular weight is 539 g/mol. The quantitative estimate of drug-likeness (QED) is 0.130. The van der Waals surface area contributed by atoms with Crippen molar-refractivity contribution in [3.8, 4) is 0 Å². The lowest BCUT2D eigenvalue weighted by Gasteiger charge is -2.15. The maximum absolute atomic E-state index is 11.8. The molecule has 1 amide bonds. The number of hydrogen-bond donors (Lipinski definition) is 3. The average Bonchev–Trinajstić information content (AvgIpc) is 2.91. The van der Waals surface area contributed by atoms with Crippen LogP contribution in [0.3, 0.4) is 0 Å². The molecule has 38 heavy (non-hydrogen) atoms. The van der Waals surface area contributed by atoms with Crippen molar-refractivity contribution in [2.45, 2.75) is 47.0 Å². The molecule has 0 aliphatic rings. The van der Waals surface area contributed by atoms with Gasteiger partial charge in [0.15, 0.2) is 11.6 Å². The molecule has 0 bridgehead atoms. The number of Topliss-reactive ketones (excluding diaryl/α,β-unsaturated/α-hetero) is 2. The Labute approximate surface area is 226 Å². The first kappa shape index (κ1) is 35.3. The molecule has 0 aromatic heterocycles. The Morgan fingerprint density at radius 2 is 1.58 bits per heavy atom. The number of carbonyl (C=O) groups is 4. The van der Waals surface area contributed by atoms with Crippen molar-refractivity contribution in [3.05, 3.63) is 29.3 Å². The highest BCUT2D eigenvalue weighted by molar-refractivity contribution is 6.10. The van der Waals surface area contributed by atoms with Gasteiger partial charge in [0.2, 0.25) is 5.91 Å². The van der Waals surface area contributed by atoms with E-state index >= 15 is 0 Å². The van der Waals surface area contributed by atoms with E-state index in [9.17, 15) is 19.2 Å². The Morgan fingerprint density at radius 3 is 2.08 bits per heavy atom. The van der Waals surface area contributed by atoms with Gasteiger partial charge in [-0.3, -0.25) is 14.4 Å². The van der Waals surface area contributed by atoms with Crippen LogP contribution in [0.25, 0.3) is 0 Å². The molecule has 2 unspecified atom stereocenters. The van der Waals surface area contributed by atoms with Gasteiger partial charge in [-0.2, -0.15) is 0 Å². The van der Waals surface area contributed by atoms with E-state index in [-0.39, 0.29) is 30.0 Å². The Morgan fingerprint density at radius 1 is 0.974 bits per heavy atom. The molecular formula is C28H46N2O8. The highest BCUT2D eigenvalue weighted by Gasteiger charge is 2.16. The van der Waals surface area contributed by atoms with E-state index in [1.54, 1.807) is 25.2 Å². The normalized spacial score (nSPS) is 12.1. The van der Waals surface area contributed by atoms with E-state index in [0.29, 0.717) is 81.8 Å². The minimum Gasteiger partial charge on any atom is -0.394 e. The molecule has 0 aliphatic heterocycles. The SMILES string of the molecule is CC(=O)c1cccc(NCCOCCOCCOCCO)c1C(C)=O.CCC(C)C(C=O)CCC(=O)NC. The van der Waals surface area contributed by atoms with Crippen molar-refractivity contribution in [2.75, 3.05) is 65.2 Å². The van der Waals surface area contributed by atoms with Crippen LogP contribution in [-0.2, 0) is 23.8 Å². The van der Waals surface area contributed by atoms with Gasteiger partial charge in [0.25, 0.3) is 0 Å². The van der Waals surface area contributed by atoms with Crippen LogP contribution >= 0.6 is 0 Å². The number of amides is 1. The molecule has 10 nitrogen and oxygen atoms in total. The van der Waals surface area contributed by atoms with E-state index in [1.807, 2.05) is 6.92 Å². The molecule has 216 valence electrons. The molecule has 0 spiro atoms. The van der Waals surface area contributed by atoms with E-state index in [0.717, 1.165) is 12.7 Å². The number of aldehydes is 1. The summed E-state index contributed by atoms with van der Waals surface area (Å²) in [7, 11) is 1.61. The molecule has 0 fully saturated rings. The lowest BCUT2D eigenvalue weighted by Crippen LogP contribution is -2.21. The molecule has 0 saturated heterocycles. The molecule has 0 heterocycles. The second-order valence-electron chi connectivity index (χ2n) is 8.73. The topological polar surface area (TPSA) is 140 Å². The van der Waals surface area contributed by atoms with Crippen LogP contribution in [0.15, 0.2) is 18.2 Å². The van der Waals surface area contributed by atoms with Crippen molar-refractivity contribution >= 4 is 29.4 Å². The maximum atomic E-state index is 11.8. The molecule has 0 aliphatic carbocycles. The smallest absolute Gasteiger partial charge is 0.219 e. The largest absolute Gasteiger partial charge is 0.394 e. The third kappa shape index (κ3) is 15.6. The van der Waals surface area contributed by atoms with E-state index in [1.165, 1.54) is 13.8 Å². The summed E-state index contributed by atoms with van der Waals surface area (Å²) in [6, 6.07) is 5.18. The van der Waals surface area contributed by atoms with Gasteiger partial charge < -0.3 is 34.7 Å². The fourth-order valence-electron chi connectivity index (χ4n) is 3.45.